The Morgan fingerprint density at radius 2 is 1.92 bits per heavy atom. The molecule has 24 heavy (non-hydrogen) atoms. The topological polar surface area (TPSA) is 44.1 Å². The van der Waals surface area contributed by atoms with E-state index in [0.29, 0.717) is 24.1 Å². The number of allylic oxidation sites excluding steroid dienone is 2. The lowest BCUT2D eigenvalue weighted by atomic mass is 9.71. The summed E-state index contributed by atoms with van der Waals surface area (Å²) in [6, 6.07) is 10.3. The van der Waals surface area contributed by atoms with E-state index in [1.54, 1.807) is 6.20 Å². The second-order valence-electron chi connectivity index (χ2n) is 6.79. The van der Waals surface area contributed by atoms with Gasteiger partial charge in [-0.3, -0.25) is 4.79 Å². The minimum atomic E-state index is -0.279. The van der Waals surface area contributed by atoms with Gasteiger partial charge in [0.05, 0.1) is 13.3 Å². The molecular formula is C20H22N2O2. The SMILES string of the molecule is COc1cn(Cc2ccccc2)c(C2=CC3CCC2CC3)nc1=O. The maximum absolute atomic E-state index is 12.2. The van der Waals surface area contributed by atoms with E-state index in [1.807, 2.05) is 18.2 Å². The Hall–Kier alpha value is -2.36. The molecule has 0 aliphatic heterocycles. The average molecular weight is 322 g/mol. The summed E-state index contributed by atoms with van der Waals surface area (Å²) in [6.45, 7) is 0.689. The Labute approximate surface area is 141 Å². The van der Waals surface area contributed by atoms with E-state index in [4.69, 9.17) is 4.74 Å². The van der Waals surface area contributed by atoms with Crippen LogP contribution in [0.15, 0.2) is 47.4 Å². The van der Waals surface area contributed by atoms with E-state index in [2.05, 4.69) is 27.8 Å². The molecule has 0 amide bonds. The molecule has 3 aliphatic rings. The summed E-state index contributed by atoms with van der Waals surface area (Å²) in [7, 11) is 1.52. The average Bonchev–Trinajstić information content (AvgIpc) is 2.64. The highest BCUT2D eigenvalue weighted by Gasteiger charge is 2.31. The van der Waals surface area contributed by atoms with Crippen molar-refractivity contribution in [3.05, 3.63) is 64.3 Å². The highest BCUT2D eigenvalue weighted by Crippen LogP contribution is 2.44. The van der Waals surface area contributed by atoms with Gasteiger partial charge in [-0.2, -0.15) is 4.98 Å². The Morgan fingerprint density at radius 3 is 2.54 bits per heavy atom. The molecule has 2 bridgehead atoms. The van der Waals surface area contributed by atoms with Crippen molar-refractivity contribution < 1.29 is 4.74 Å². The monoisotopic (exact) mass is 322 g/mol. The van der Waals surface area contributed by atoms with Crippen LogP contribution in [-0.4, -0.2) is 16.7 Å². The summed E-state index contributed by atoms with van der Waals surface area (Å²) in [5.74, 6) is 2.31. The smallest absolute Gasteiger partial charge is 0.315 e. The fraction of sp³-hybridized carbons (Fsp3) is 0.400. The fourth-order valence-electron chi connectivity index (χ4n) is 3.99. The number of hydrogen-bond acceptors (Lipinski definition) is 3. The van der Waals surface area contributed by atoms with Gasteiger partial charge in [-0.05, 0) is 48.7 Å². The van der Waals surface area contributed by atoms with Crippen molar-refractivity contribution in [1.82, 2.24) is 9.55 Å². The lowest BCUT2D eigenvalue weighted by Crippen LogP contribution is -2.26. The van der Waals surface area contributed by atoms with Gasteiger partial charge in [0.15, 0.2) is 0 Å². The van der Waals surface area contributed by atoms with E-state index in [0.717, 1.165) is 5.82 Å². The van der Waals surface area contributed by atoms with Gasteiger partial charge >= 0.3 is 5.56 Å². The van der Waals surface area contributed by atoms with Crippen LogP contribution >= 0.6 is 0 Å². The molecule has 0 atom stereocenters. The summed E-state index contributed by atoms with van der Waals surface area (Å²) >= 11 is 0. The molecule has 1 aromatic heterocycles. The maximum Gasteiger partial charge on any atom is 0.315 e. The first-order valence-corrected chi connectivity index (χ1v) is 8.66. The number of fused-ring (bicyclic) bond motifs is 2. The lowest BCUT2D eigenvalue weighted by Gasteiger charge is -2.35. The maximum atomic E-state index is 12.2. The number of ether oxygens (including phenoxy) is 1. The standard InChI is InChI=1S/C20H22N2O2/c1-24-18-13-22(12-15-5-3-2-4-6-15)19(21-20(18)23)17-11-14-7-9-16(17)10-8-14/h2-6,11,13-14,16H,7-10,12H2,1H3. The van der Waals surface area contributed by atoms with Crippen LogP contribution in [-0.2, 0) is 6.54 Å². The van der Waals surface area contributed by atoms with Gasteiger partial charge in [-0.25, -0.2) is 0 Å². The van der Waals surface area contributed by atoms with Gasteiger partial charge in [-0.15, -0.1) is 0 Å². The predicted octanol–water partition coefficient (Wildman–Crippen LogP) is 3.50. The molecule has 5 rings (SSSR count). The number of hydrogen-bond donors (Lipinski definition) is 0. The lowest BCUT2D eigenvalue weighted by molar-refractivity contribution is 0.337. The van der Waals surface area contributed by atoms with Crippen molar-refractivity contribution >= 4 is 5.57 Å². The van der Waals surface area contributed by atoms with Gasteiger partial charge in [0.2, 0.25) is 5.75 Å². The quantitative estimate of drug-likeness (QED) is 0.865. The molecule has 1 fully saturated rings. The Kier molecular flexibility index (Phi) is 3.97. The van der Waals surface area contributed by atoms with E-state index < -0.39 is 0 Å². The third-order valence-electron chi connectivity index (χ3n) is 5.26. The molecule has 0 radical (unpaired) electrons. The first-order chi connectivity index (χ1) is 11.7. The highest BCUT2D eigenvalue weighted by molar-refractivity contribution is 5.64. The second-order valence-corrected chi connectivity index (χ2v) is 6.79. The third-order valence-corrected chi connectivity index (χ3v) is 5.26. The summed E-state index contributed by atoms with van der Waals surface area (Å²) in [5, 5.41) is 0. The molecule has 1 saturated carbocycles. The molecule has 4 heteroatoms. The van der Waals surface area contributed by atoms with Gasteiger partial charge in [-0.1, -0.05) is 36.4 Å². The van der Waals surface area contributed by atoms with Crippen molar-refractivity contribution in [1.29, 1.82) is 0 Å². The van der Waals surface area contributed by atoms with E-state index in [-0.39, 0.29) is 5.56 Å². The van der Waals surface area contributed by atoms with E-state index in [9.17, 15) is 4.79 Å². The van der Waals surface area contributed by atoms with Crippen LogP contribution in [0.1, 0.15) is 37.1 Å². The zero-order chi connectivity index (χ0) is 16.5. The Balaban J connectivity index is 1.80. The number of nitrogens with zero attached hydrogens (tertiary/aromatic N) is 2. The minimum absolute atomic E-state index is 0.279. The second kappa shape index (κ2) is 6.27. The summed E-state index contributed by atoms with van der Waals surface area (Å²) in [6.07, 6.45) is 9.13. The normalized spacial score (nSPS) is 22.3. The Morgan fingerprint density at radius 1 is 1.17 bits per heavy atom. The first kappa shape index (κ1) is 15.2. The molecule has 0 unspecified atom stereocenters. The molecule has 3 aliphatic carbocycles. The third kappa shape index (κ3) is 2.77. The van der Waals surface area contributed by atoms with Crippen molar-refractivity contribution in [3.8, 4) is 5.75 Å². The van der Waals surface area contributed by atoms with Crippen LogP contribution in [0.4, 0.5) is 0 Å². The van der Waals surface area contributed by atoms with Crippen molar-refractivity contribution in [2.24, 2.45) is 11.8 Å². The summed E-state index contributed by atoms with van der Waals surface area (Å²) in [5.41, 5.74) is 2.17. The number of rotatable bonds is 4. The van der Waals surface area contributed by atoms with E-state index in [1.165, 1.54) is 43.9 Å². The highest BCUT2D eigenvalue weighted by atomic mass is 16.5. The molecule has 0 spiro atoms. The number of benzene rings is 1. The van der Waals surface area contributed by atoms with Crippen LogP contribution in [0.2, 0.25) is 0 Å². The molecule has 1 aromatic carbocycles. The van der Waals surface area contributed by atoms with E-state index >= 15 is 0 Å². The van der Waals surface area contributed by atoms with Crippen LogP contribution in [0.25, 0.3) is 5.57 Å². The van der Waals surface area contributed by atoms with Crippen LogP contribution in [0.5, 0.6) is 5.75 Å². The number of methoxy groups -OCH3 is 1. The van der Waals surface area contributed by atoms with Crippen LogP contribution in [0, 0.1) is 11.8 Å². The minimum Gasteiger partial charge on any atom is -0.490 e. The van der Waals surface area contributed by atoms with Crippen molar-refractivity contribution in [2.75, 3.05) is 7.11 Å². The van der Waals surface area contributed by atoms with Crippen molar-refractivity contribution in [2.45, 2.75) is 32.2 Å². The van der Waals surface area contributed by atoms with Crippen molar-refractivity contribution in [3.63, 3.8) is 0 Å². The van der Waals surface area contributed by atoms with Gasteiger partial charge in [0.25, 0.3) is 0 Å². The van der Waals surface area contributed by atoms with Gasteiger partial charge in [0.1, 0.15) is 5.82 Å². The predicted molar refractivity (Wildman–Crippen MR) is 94.0 cm³/mol. The van der Waals surface area contributed by atoms with Crippen LogP contribution < -0.4 is 10.3 Å². The van der Waals surface area contributed by atoms with Gasteiger partial charge < -0.3 is 9.30 Å². The molecule has 0 saturated heterocycles. The molecule has 1 heterocycles. The molecular weight excluding hydrogens is 300 g/mol. The fourth-order valence-corrected chi connectivity index (χ4v) is 3.99. The van der Waals surface area contributed by atoms with Gasteiger partial charge in [0, 0.05) is 6.54 Å². The number of aromatic nitrogens is 2. The Bertz CT molecular complexity index is 815. The molecule has 2 aromatic rings. The zero-order valence-corrected chi connectivity index (χ0v) is 13.9. The molecule has 4 nitrogen and oxygen atoms in total. The largest absolute Gasteiger partial charge is 0.490 e. The first-order valence-electron chi connectivity index (χ1n) is 8.66. The molecule has 0 N–H and O–H groups in total. The van der Waals surface area contributed by atoms with Crippen LogP contribution in [0.3, 0.4) is 0 Å². The summed E-state index contributed by atoms with van der Waals surface area (Å²) in [4.78, 5) is 16.6. The molecule has 124 valence electrons. The zero-order valence-electron chi connectivity index (χ0n) is 13.9. The summed E-state index contributed by atoms with van der Waals surface area (Å²) < 4.78 is 7.28.